The van der Waals surface area contributed by atoms with Crippen molar-refractivity contribution in [1.29, 1.82) is 0 Å². The molecule has 9 nitrogen and oxygen atoms in total. The molecule has 0 aliphatic carbocycles. The van der Waals surface area contributed by atoms with Gasteiger partial charge in [-0.3, -0.25) is 18.7 Å². The number of imidazole rings is 1. The van der Waals surface area contributed by atoms with Crippen LogP contribution in [0.3, 0.4) is 0 Å². The van der Waals surface area contributed by atoms with E-state index in [9.17, 15) is 14.4 Å². The van der Waals surface area contributed by atoms with Gasteiger partial charge in [-0.15, -0.1) is 0 Å². The van der Waals surface area contributed by atoms with Crippen LogP contribution in [-0.2, 0) is 16.1 Å². The predicted molar refractivity (Wildman–Crippen MR) is 142 cm³/mol. The molecule has 2 atom stereocenters. The first-order chi connectivity index (χ1) is 17.8. The predicted octanol–water partition coefficient (Wildman–Crippen LogP) is 3.80. The number of nitrogens with zero attached hydrogens (tertiary/aromatic N) is 4. The van der Waals surface area contributed by atoms with Crippen molar-refractivity contribution in [3.05, 3.63) is 79.4 Å². The van der Waals surface area contributed by atoms with Crippen LogP contribution in [0.5, 0.6) is 0 Å². The molecule has 1 saturated heterocycles. The van der Waals surface area contributed by atoms with Crippen LogP contribution in [-0.4, -0.2) is 37.8 Å². The summed E-state index contributed by atoms with van der Waals surface area (Å²) in [4.78, 5) is 44.6. The molecule has 1 amide bonds. The topological polar surface area (TPSA) is 114 Å². The summed E-state index contributed by atoms with van der Waals surface area (Å²) < 4.78 is 9.62. The first-order valence-electron chi connectivity index (χ1n) is 11.9. The number of fused-ring (bicyclic) bond motifs is 1. The number of carbonyl (C=O) groups excluding carboxylic acids is 1. The number of primary amides is 1. The Balaban J connectivity index is 1.91. The molecule has 0 bridgehead atoms. The van der Waals surface area contributed by atoms with Gasteiger partial charge in [0.1, 0.15) is 11.9 Å². The van der Waals surface area contributed by atoms with Crippen molar-refractivity contribution in [3.8, 4) is 17.1 Å². The standard InChI is InChI=1S/C26H25Cl2N5O4/c1-15(22(29)34)32-25(35)21-24(31(26(32)36)13-16-5-4-12-37-14-16)30-23(19-6-2-3-7-20(19)28)33(21)18-10-8-17(27)9-11-18/h2-3,6-11,15-16H,4-5,12-14H2,1H3,(H2,29,34)/t15-,16?/m1/s1. The highest BCUT2D eigenvalue weighted by Crippen LogP contribution is 2.32. The summed E-state index contributed by atoms with van der Waals surface area (Å²) in [7, 11) is 0. The molecule has 1 fully saturated rings. The van der Waals surface area contributed by atoms with Crippen molar-refractivity contribution < 1.29 is 9.53 Å². The third-order valence-electron chi connectivity index (χ3n) is 6.67. The van der Waals surface area contributed by atoms with E-state index in [1.165, 1.54) is 11.5 Å². The van der Waals surface area contributed by atoms with Gasteiger partial charge in [0.25, 0.3) is 5.56 Å². The summed E-state index contributed by atoms with van der Waals surface area (Å²) in [6.45, 7) is 2.85. The summed E-state index contributed by atoms with van der Waals surface area (Å²) in [5, 5.41) is 0.940. The summed E-state index contributed by atoms with van der Waals surface area (Å²) in [6.07, 6.45) is 1.72. The third kappa shape index (κ3) is 4.58. The maximum Gasteiger partial charge on any atom is 0.333 e. The SMILES string of the molecule is C[C@H](C(N)=O)n1c(=O)c2c(nc(-c3ccccc3Cl)n2-c2ccc(Cl)cc2)n(CC2CCCOC2)c1=O. The van der Waals surface area contributed by atoms with Gasteiger partial charge < -0.3 is 10.5 Å². The minimum Gasteiger partial charge on any atom is -0.381 e. The van der Waals surface area contributed by atoms with Gasteiger partial charge in [0.2, 0.25) is 5.91 Å². The van der Waals surface area contributed by atoms with Crippen molar-refractivity contribution in [2.75, 3.05) is 13.2 Å². The van der Waals surface area contributed by atoms with Gasteiger partial charge in [0.05, 0.1) is 11.6 Å². The third-order valence-corrected chi connectivity index (χ3v) is 7.25. The summed E-state index contributed by atoms with van der Waals surface area (Å²) in [6, 6.07) is 12.8. The molecular weight excluding hydrogens is 517 g/mol. The van der Waals surface area contributed by atoms with Gasteiger partial charge in [0.15, 0.2) is 11.2 Å². The Morgan fingerprint density at radius 3 is 2.54 bits per heavy atom. The highest BCUT2D eigenvalue weighted by Gasteiger charge is 2.28. The lowest BCUT2D eigenvalue weighted by molar-refractivity contribution is -0.120. The van der Waals surface area contributed by atoms with Crippen LogP contribution in [0.25, 0.3) is 28.2 Å². The van der Waals surface area contributed by atoms with Gasteiger partial charge in [-0.1, -0.05) is 35.3 Å². The van der Waals surface area contributed by atoms with Crippen LogP contribution in [0.15, 0.2) is 58.1 Å². The van der Waals surface area contributed by atoms with Crippen LogP contribution in [0, 0.1) is 5.92 Å². The zero-order valence-electron chi connectivity index (χ0n) is 20.1. The molecule has 1 aliphatic rings. The van der Waals surface area contributed by atoms with E-state index >= 15 is 0 Å². The molecule has 37 heavy (non-hydrogen) atoms. The van der Waals surface area contributed by atoms with Crippen LogP contribution in [0.2, 0.25) is 10.0 Å². The number of amides is 1. The molecule has 1 aliphatic heterocycles. The lowest BCUT2D eigenvalue weighted by Crippen LogP contribution is -2.46. The van der Waals surface area contributed by atoms with Crippen molar-refractivity contribution in [2.24, 2.45) is 11.7 Å². The maximum atomic E-state index is 13.9. The lowest BCUT2D eigenvalue weighted by Gasteiger charge is -2.23. The zero-order valence-corrected chi connectivity index (χ0v) is 21.6. The Morgan fingerprint density at radius 1 is 1.16 bits per heavy atom. The number of rotatable bonds is 6. The fraction of sp³-hybridized carbons (Fsp3) is 0.308. The molecule has 0 saturated carbocycles. The second-order valence-electron chi connectivity index (χ2n) is 9.13. The first kappa shape index (κ1) is 25.3. The summed E-state index contributed by atoms with van der Waals surface area (Å²) >= 11 is 12.7. The van der Waals surface area contributed by atoms with Gasteiger partial charge in [-0.25, -0.2) is 14.3 Å². The highest BCUT2D eigenvalue weighted by molar-refractivity contribution is 6.33. The Labute approximate surface area is 222 Å². The second-order valence-corrected chi connectivity index (χ2v) is 9.97. The van der Waals surface area contributed by atoms with E-state index in [-0.39, 0.29) is 23.6 Å². The molecule has 11 heteroatoms. The monoisotopic (exact) mass is 541 g/mol. The second kappa shape index (κ2) is 10.2. The number of hydrogen-bond donors (Lipinski definition) is 1. The molecular formula is C26H25Cl2N5O4. The van der Waals surface area contributed by atoms with Gasteiger partial charge in [-0.05, 0) is 56.2 Å². The normalized spacial score (nSPS) is 16.7. The van der Waals surface area contributed by atoms with Crippen LogP contribution >= 0.6 is 23.2 Å². The van der Waals surface area contributed by atoms with Gasteiger partial charge in [0, 0.05) is 35.3 Å². The number of aromatic nitrogens is 4. The molecule has 1 unspecified atom stereocenters. The summed E-state index contributed by atoms with van der Waals surface area (Å²) in [5.74, 6) is -0.388. The van der Waals surface area contributed by atoms with E-state index < -0.39 is 23.2 Å². The minimum absolute atomic E-state index is 0.0360. The minimum atomic E-state index is -1.17. The van der Waals surface area contributed by atoms with Gasteiger partial charge in [-0.2, -0.15) is 0 Å². The number of ether oxygens (including phenoxy) is 1. The number of hydrogen-bond acceptors (Lipinski definition) is 5. The van der Waals surface area contributed by atoms with E-state index in [4.69, 9.17) is 38.7 Å². The fourth-order valence-electron chi connectivity index (χ4n) is 4.72. The average Bonchev–Trinajstić information content (AvgIpc) is 3.28. The molecule has 0 spiro atoms. The Bertz CT molecular complexity index is 1600. The van der Waals surface area contributed by atoms with Crippen LogP contribution in [0.4, 0.5) is 0 Å². The fourth-order valence-corrected chi connectivity index (χ4v) is 5.06. The maximum absolute atomic E-state index is 13.9. The number of nitrogens with two attached hydrogens (primary N) is 1. The Hall–Kier alpha value is -3.40. The molecule has 192 valence electrons. The zero-order chi connectivity index (χ0) is 26.3. The lowest BCUT2D eigenvalue weighted by atomic mass is 10.0. The van der Waals surface area contributed by atoms with Crippen LogP contribution < -0.4 is 17.0 Å². The highest BCUT2D eigenvalue weighted by atomic mass is 35.5. The molecule has 2 aromatic carbocycles. The molecule has 4 aromatic rings. The summed E-state index contributed by atoms with van der Waals surface area (Å²) in [5.41, 5.74) is 5.69. The average molecular weight is 542 g/mol. The van der Waals surface area contributed by atoms with Crippen molar-refractivity contribution in [1.82, 2.24) is 18.7 Å². The number of carbonyl (C=O) groups is 1. The van der Waals surface area contributed by atoms with E-state index in [2.05, 4.69) is 0 Å². The number of benzene rings is 2. The smallest absolute Gasteiger partial charge is 0.333 e. The van der Waals surface area contributed by atoms with Gasteiger partial charge >= 0.3 is 5.69 Å². The largest absolute Gasteiger partial charge is 0.381 e. The molecule has 0 radical (unpaired) electrons. The first-order valence-corrected chi connectivity index (χ1v) is 12.7. The van der Waals surface area contributed by atoms with Crippen LogP contribution in [0.1, 0.15) is 25.8 Å². The quantitative estimate of drug-likeness (QED) is 0.398. The van der Waals surface area contributed by atoms with E-state index in [0.717, 1.165) is 17.4 Å². The van der Waals surface area contributed by atoms with E-state index in [0.29, 0.717) is 40.3 Å². The van der Waals surface area contributed by atoms with Crippen molar-refractivity contribution in [2.45, 2.75) is 32.4 Å². The molecule has 2 aromatic heterocycles. The molecule has 2 N–H and O–H groups in total. The van der Waals surface area contributed by atoms with Crippen molar-refractivity contribution >= 4 is 40.3 Å². The Morgan fingerprint density at radius 2 is 1.89 bits per heavy atom. The van der Waals surface area contributed by atoms with E-state index in [1.807, 2.05) is 6.07 Å². The number of halogens is 2. The van der Waals surface area contributed by atoms with Crippen molar-refractivity contribution in [3.63, 3.8) is 0 Å². The molecule has 5 rings (SSSR count). The molecule has 3 heterocycles. The Kier molecular flexibility index (Phi) is 6.94. The van der Waals surface area contributed by atoms with E-state index in [1.54, 1.807) is 47.0 Å².